The van der Waals surface area contributed by atoms with Crippen LogP contribution >= 0.6 is 11.8 Å². The zero-order valence-electron chi connectivity index (χ0n) is 15.4. The van der Waals surface area contributed by atoms with E-state index >= 15 is 0 Å². The summed E-state index contributed by atoms with van der Waals surface area (Å²) in [4.78, 5) is 6.09. The predicted molar refractivity (Wildman–Crippen MR) is 104 cm³/mol. The van der Waals surface area contributed by atoms with Crippen molar-refractivity contribution in [1.82, 2.24) is 0 Å². The smallest absolute Gasteiger partial charge is 0.202 e. The predicted octanol–water partition coefficient (Wildman–Crippen LogP) is 5.64. The van der Waals surface area contributed by atoms with Crippen molar-refractivity contribution >= 4 is 17.5 Å². The van der Waals surface area contributed by atoms with E-state index in [1.54, 1.807) is 0 Å². The van der Waals surface area contributed by atoms with Crippen LogP contribution in [0.4, 0.5) is 0 Å². The Morgan fingerprint density at radius 1 is 1.16 bits per heavy atom. The van der Waals surface area contributed by atoms with E-state index in [4.69, 9.17) is 10.1 Å². The highest BCUT2D eigenvalue weighted by atomic mass is 32.2. The van der Waals surface area contributed by atoms with Gasteiger partial charge in [0, 0.05) is 10.5 Å². The highest BCUT2D eigenvalue weighted by Crippen LogP contribution is 2.35. The van der Waals surface area contributed by atoms with Gasteiger partial charge in [0.25, 0.3) is 0 Å². The molecule has 0 atom stereocenters. The molecule has 1 rings (SSSR count). The number of oxime groups is 1. The summed E-state index contributed by atoms with van der Waals surface area (Å²) < 4.78 is 0. The number of nitrogens with zero attached hydrogens (tertiary/aromatic N) is 3. The van der Waals surface area contributed by atoms with Crippen LogP contribution in [0.25, 0.3) is 0 Å². The first-order chi connectivity index (χ1) is 12.2. The highest BCUT2D eigenvalue weighted by molar-refractivity contribution is 7.99. The molecule has 0 bridgehead atoms. The van der Waals surface area contributed by atoms with Crippen molar-refractivity contribution in [1.29, 1.82) is 10.5 Å². The van der Waals surface area contributed by atoms with Gasteiger partial charge >= 0.3 is 0 Å². The third kappa shape index (κ3) is 6.80. The van der Waals surface area contributed by atoms with E-state index in [1.165, 1.54) is 23.3 Å². The molecule has 0 spiro atoms. The molecule has 0 aliphatic heterocycles. The maximum Gasteiger partial charge on any atom is 0.202 e. The fourth-order valence-corrected chi connectivity index (χ4v) is 3.81. The molecule has 1 aromatic rings. The van der Waals surface area contributed by atoms with E-state index in [-0.39, 0.29) is 12.3 Å². The van der Waals surface area contributed by atoms with Crippen molar-refractivity contribution in [2.75, 3.05) is 12.4 Å². The largest absolute Gasteiger partial charge is 0.379 e. The number of thioether (sulfide) groups is 1. The monoisotopic (exact) mass is 357 g/mol. The second kappa shape index (κ2) is 12.4. The number of nitriles is 2. The molecule has 0 saturated heterocycles. The molecule has 0 aliphatic rings. The summed E-state index contributed by atoms with van der Waals surface area (Å²) in [5.41, 5.74) is 2.33. The molecule has 25 heavy (non-hydrogen) atoms. The van der Waals surface area contributed by atoms with Crippen molar-refractivity contribution < 1.29 is 4.84 Å². The third-order valence-corrected chi connectivity index (χ3v) is 5.13. The molecule has 0 N–H and O–H groups in total. The first-order valence-corrected chi connectivity index (χ1v) is 9.94. The van der Waals surface area contributed by atoms with Crippen molar-refractivity contribution in [2.24, 2.45) is 5.16 Å². The van der Waals surface area contributed by atoms with E-state index in [9.17, 15) is 5.26 Å². The third-order valence-electron chi connectivity index (χ3n) is 3.85. The van der Waals surface area contributed by atoms with Crippen LogP contribution in [-0.4, -0.2) is 18.1 Å². The Morgan fingerprint density at radius 3 is 2.44 bits per heavy atom. The zero-order chi connectivity index (χ0) is 18.5. The SMILES string of the molecule is CCCSc1cc(/C(C#N)=N/OCC#N)ccc1C(CCC)CCC. The molecule has 0 unspecified atom stereocenters. The lowest BCUT2D eigenvalue weighted by atomic mass is 9.89. The van der Waals surface area contributed by atoms with E-state index in [0.717, 1.165) is 30.6 Å². The van der Waals surface area contributed by atoms with Crippen LogP contribution in [0, 0.1) is 22.7 Å². The van der Waals surface area contributed by atoms with Crippen LogP contribution in [0.1, 0.15) is 69.9 Å². The Bertz CT molecular complexity index is 637. The number of hydrogen-bond donors (Lipinski definition) is 0. The minimum absolute atomic E-state index is 0.157. The molecule has 1 aromatic carbocycles. The summed E-state index contributed by atoms with van der Waals surface area (Å²) in [5, 5.41) is 21.7. The van der Waals surface area contributed by atoms with Gasteiger partial charge in [-0.05, 0) is 42.6 Å². The summed E-state index contributed by atoms with van der Waals surface area (Å²) in [6.45, 7) is 6.46. The Balaban J connectivity index is 3.21. The Kier molecular flexibility index (Phi) is 10.4. The minimum atomic E-state index is -0.157. The molecule has 0 aliphatic carbocycles. The van der Waals surface area contributed by atoms with Gasteiger partial charge in [0.15, 0.2) is 5.71 Å². The molecule has 0 fully saturated rings. The quantitative estimate of drug-likeness (QED) is 0.222. The molecule has 0 saturated carbocycles. The van der Waals surface area contributed by atoms with Crippen LogP contribution in [-0.2, 0) is 4.84 Å². The second-order valence-electron chi connectivity index (χ2n) is 5.86. The van der Waals surface area contributed by atoms with E-state index in [1.807, 2.05) is 30.0 Å². The van der Waals surface area contributed by atoms with Gasteiger partial charge in [0.2, 0.25) is 6.61 Å². The molecular formula is C20H27N3OS. The highest BCUT2D eigenvalue weighted by Gasteiger charge is 2.16. The average Bonchev–Trinajstić information content (AvgIpc) is 2.63. The van der Waals surface area contributed by atoms with Crippen LogP contribution in [0.2, 0.25) is 0 Å². The fraction of sp³-hybridized carbons (Fsp3) is 0.550. The van der Waals surface area contributed by atoms with E-state index in [0.29, 0.717) is 5.92 Å². The molecule has 0 radical (unpaired) electrons. The van der Waals surface area contributed by atoms with Gasteiger partial charge in [-0.1, -0.05) is 50.9 Å². The minimum Gasteiger partial charge on any atom is -0.379 e. The zero-order valence-corrected chi connectivity index (χ0v) is 16.2. The molecule has 4 nitrogen and oxygen atoms in total. The standard InChI is InChI=1S/C20H27N3OS/c1-4-7-16(8-5-2)18-10-9-17(14-20(18)25-13-6-3)19(15-22)23-24-12-11-21/h9-10,14,16H,4-8,12-13H2,1-3H3/b23-19+. The van der Waals surface area contributed by atoms with Crippen LogP contribution in [0.3, 0.4) is 0 Å². The topological polar surface area (TPSA) is 69.2 Å². The maximum absolute atomic E-state index is 9.34. The van der Waals surface area contributed by atoms with Crippen molar-refractivity contribution in [3.63, 3.8) is 0 Å². The van der Waals surface area contributed by atoms with Crippen molar-refractivity contribution in [3.05, 3.63) is 29.3 Å². The summed E-state index contributed by atoms with van der Waals surface area (Å²) in [6.07, 6.45) is 5.79. The number of benzene rings is 1. The normalized spacial score (nSPS) is 11.2. The van der Waals surface area contributed by atoms with E-state index in [2.05, 4.69) is 38.1 Å². The molecule has 5 heteroatoms. The van der Waals surface area contributed by atoms with Gasteiger partial charge in [-0.3, -0.25) is 0 Å². The number of rotatable bonds is 11. The molecule has 0 amide bonds. The number of hydrogen-bond acceptors (Lipinski definition) is 5. The Labute approximate surface area is 155 Å². The van der Waals surface area contributed by atoms with Gasteiger partial charge < -0.3 is 4.84 Å². The fourth-order valence-electron chi connectivity index (χ4n) is 2.77. The van der Waals surface area contributed by atoms with Gasteiger partial charge in [0.05, 0.1) is 0 Å². The lowest BCUT2D eigenvalue weighted by molar-refractivity contribution is 0.179. The maximum atomic E-state index is 9.34. The Hall–Kier alpha value is -1.98. The average molecular weight is 358 g/mol. The lowest BCUT2D eigenvalue weighted by Gasteiger charge is -2.20. The van der Waals surface area contributed by atoms with Crippen LogP contribution in [0.5, 0.6) is 0 Å². The molecule has 134 valence electrons. The lowest BCUT2D eigenvalue weighted by Crippen LogP contribution is -2.05. The summed E-state index contributed by atoms with van der Waals surface area (Å²) in [6, 6.07) is 10.0. The van der Waals surface area contributed by atoms with Crippen molar-refractivity contribution in [2.45, 2.75) is 63.7 Å². The molecule has 0 aromatic heterocycles. The van der Waals surface area contributed by atoms with Crippen LogP contribution < -0.4 is 0 Å². The first kappa shape index (κ1) is 21.1. The first-order valence-electron chi connectivity index (χ1n) is 8.95. The van der Waals surface area contributed by atoms with Crippen LogP contribution in [0.15, 0.2) is 28.3 Å². The summed E-state index contributed by atoms with van der Waals surface area (Å²) in [7, 11) is 0. The molecule has 0 heterocycles. The van der Waals surface area contributed by atoms with E-state index < -0.39 is 0 Å². The summed E-state index contributed by atoms with van der Waals surface area (Å²) in [5.74, 6) is 1.60. The summed E-state index contributed by atoms with van der Waals surface area (Å²) >= 11 is 1.84. The van der Waals surface area contributed by atoms with Gasteiger partial charge in [-0.15, -0.1) is 11.8 Å². The van der Waals surface area contributed by atoms with Crippen molar-refractivity contribution in [3.8, 4) is 12.1 Å². The van der Waals surface area contributed by atoms with Gasteiger partial charge in [-0.2, -0.15) is 10.5 Å². The Morgan fingerprint density at radius 2 is 1.88 bits per heavy atom. The van der Waals surface area contributed by atoms with Gasteiger partial charge in [0.1, 0.15) is 12.1 Å². The molecular weight excluding hydrogens is 330 g/mol. The van der Waals surface area contributed by atoms with Gasteiger partial charge in [-0.25, -0.2) is 0 Å². The second-order valence-corrected chi connectivity index (χ2v) is 7.00.